The highest BCUT2D eigenvalue weighted by Crippen LogP contribution is 2.18. The van der Waals surface area contributed by atoms with E-state index in [1.165, 1.54) is 0 Å². The zero-order valence-corrected chi connectivity index (χ0v) is 10.6. The molecule has 0 unspecified atom stereocenters. The molecule has 94 valence electrons. The third-order valence-corrected chi connectivity index (χ3v) is 2.80. The van der Waals surface area contributed by atoms with Crippen molar-refractivity contribution in [2.75, 3.05) is 25.5 Å². The predicted octanol–water partition coefficient (Wildman–Crippen LogP) is 1.11. The second-order valence-corrected chi connectivity index (χ2v) is 4.03. The highest BCUT2D eigenvalue weighted by Gasteiger charge is 2.06. The van der Waals surface area contributed by atoms with Gasteiger partial charge in [-0.15, -0.1) is 0 Å². The lowest BCUT2D eigenvalue weighted by Crippen LogP contribution is -2.23. The van der Waals surface area contributed by atoms with E-state index in [9.17, 15) is 4.79 Å². The molecule has 4 heteroatoms. The molecular weight excluding hydrogens is 214 g/mol. The maximum atomic E-state index is 11.1. The molecule has 0 aliphatic heterocycles. The molecule has 1 aromatic carbocycles. The van der Waals surface area contributed by atoms with Crippen molar-refractivity contribution in [2.45, 2.75) is 19.4 Å². The first-order chi connectivity index (χ1) is 8.19. The van der Waals surface area contributed by atoms with Gasteiger partial charge in [-0.3, -0.25) is 4.79 Å². The number of nitrogens with two attached hydrogens (primary N) is 1. The van der Waals surface area contributed by atoms with Crippen molar-refractivity contribution in [1.29, 1.82) is 0 Å². The van der Waals surface area contributed by atoms with Crippen molar-refractivity contribution in [3.05, 3.63) is 29.8 Å². The van der Waals surface area contributed by atoms with Crippen LogP contribution in [-0.4, -0.2) is 26.5 Å². The molecule has 1 amide bonds. The van der Waals surface area contributed by atoms with Gasteiger partial charge in [0.15, 0.2) is 0 Å². The van der Waals surface area contributed by atoms with Gasteiger partial charge in [0.05, 0.1) is 0 Å². The molecule has 0 spiro atoms. The molecule has 0 fully saturated rings. The quantitative estimate of drug-likeness (QED) is 0.776. The zero-order chi connectivity index (χ0) is 12.7. The number of carbonyl (C=O) groups is 1. The van der Waals surface area contributed by atoms with E-state index >= 15 is 0 Å². The van der Waals surface area contributed by atoms with Gasteiger partial charge < -0.3 is 16.0 Å². The third-order valence-electron chi connectivity index (χ3n) is 2.80. The van der Waals surface area contributed by atoms with Crippen molar-refractivity contribution in [1.82, 2.24) is 5.32 Å². The van der Waals surface area contributed by atoms with Crippen molar-refractivity contribution < 1.29 is 4.79 Å². The van der Waals surface area contributed by atoms with Crippen LogP contribution in [-0.2, 0) is 11.3 Å². The molecular formula is C13H21N3O. The molecule has 3 N–H and O–H groups in total. The van der Waals surface area contributed by atoms with Gasteiger partial charge in [0.25, 0.3) is 0 Å². The van der Waals surface area contributed by atoms with Crippen molar-refractivity contribution in [3.8, 4) is 0 Å². The molecule has 0 aliphatic rings. The number of benzene rings is 1. The summed E-state index contributed by atoms with van der Waals surface area (Å²) in [4.78, 5) is 13.2. The van der Waals surface area contributed by atoms with E-state index in [1.54, 1.807) is 7.05 Å². The first-order valence-electron chi connectivity index (χ1n) is 5.88. The van der Waals surface area contributed by atoms with Gasteiger partial charge in [0, 0.05) is 39.3 Å². The number of para-hydroxylation sites is 1. The first kappa shape index (κ1) is 13.5. The molecule has 0 radical (unpaired) electrons. The maximum absolute atomic E-state index is 11.1. The Morgan fingerprint density at radius 2 is 2.12 bits per heavy atom. The minimum atomic E-state index is 0.0884. The molecule has 0 aromatic heterocycles. The van der Waals surface area contributed by atoms with Gasteiger partial charge in [-0.25, -0.2) is 0 Å². The number of amides is 1. The topological polar surface area (TPSA) is 58.4 Å². The fourth-order valence-electron chi connectivity index (χ4n) is 1.78. The average Bonchev–Trinajstić information content (AvgIpc) is 2.38. The van der Waals surface area contributed by atoms with Gasteiger partial charge in [-0.1, -0.05) is 18.2 Å². The van der Waals surface area contributed by atoms with Crippen LogP contribution in [0.1, 0.15) is 18.4 Å². The van der Waals surface area contributed by atoms with Crippen molar-refractivity contribution in [2.24, 2.45) is 5.73 Å². The van der Waals surface area contributed by atoms with Crippen LogP contribution in [0.3, 0.4) is 0 Å². The number of hydrogen-bond acceptors (Lipinski definition) is 3. The Kier molecular flexibility index (Phi) is 5.49. The van der Waals surface area contributed by atoms with E-state index in [4.69, 9.17) is 5.73 Å². The third kappa shape index (κ3) is 4.07. The minimum absolute atomic E-state index is 0.0884. The number of nitrogens with zero attached hydrogens (tertiary/aromatic N) is 1. The van der Waals surface area contributed by atoms with Crippen LogP contribution in [0.15, 0.2) is 24.3 Å². The van der Waals surface area contributed by atoms with E-state index in [0.717, 1.165) is 24.2 Å². The van der Waals surface area contributed by atoms with Crippen molar-refractivity contribution >= 4 is 11.6 Å². The Morgan fingerprint density at radius 1 is 1.41 bits per heavy atom. The molecule has 0 saturated heterocycles. The summed E-state index contributed by atoms with van der Waals surface area (Å²) in [6, 6.07) is 8.08. The number of hydrogen-bond donors (Lipinski definition) is 2. The lowest BCUT2D eigenvalue weighted by atomic mass is 10.1. The summed E-state index contributed by atoms with van der Waals surface area (Å²) < 4.78 is 0. The van der Waals surface area contributed by atoms with E-state index < -0.39 is 0 Å². The van der Waals surface area contributed by atoms with Crippen LogP contribution in [0.4, 0.5) is 5.69 Å². The SMILES string of the molecule is CNC(=O)CCCN(C)c1ccccc1CN. The molecule has 0 aliphatic carbocycles. The Labute approximate surface area is 103 Å². The molecule has 0 atom stereocenters. The normalized spacial score (nSPS) is 10.1. The molecule has 17 heavy (non-hydrogen) atoms. The number of nitrogens with one attached hydrogen (secondary N) is 1. The van der Waals surface area contributed by atoms with Crippen LogP contribution in [0.25, 0.3) is 0 Å². The summed E-state index contributed by atoms with van der Waals surface area (Å²) >= 11 is 0. The summed E-state index contributed by atoms with van der Waals surface area (Å²) in [7, 11) is 3.69. The average molecular weight is 235 g/mol. The number of rotatable bonds is 6. The van der Waals surface area contributed by atoms with E-state index in [0.29, 0.717) is 13.0 Å². The van der Waals surface area contributed by atoms with Gasteiger partial charge in [0.1, 0.15) is 0 Å². The van der Waals surface area contributed by atoms with Crippen LogP contribution < -0.4 is 16.0 Å². The first-order valence-corrected chi connectivity index (χ1v) is 5.88. The summed E-state index contributed by atoms with van der Waals surface area (Å²) in [6.07, 6.45) is 1.40. The zero-order valence-electron chi connectivity index (χ0n) is 10.6. The molecule has 1 rings (SSSR count). The maximum Gasteiger partial charge on any atom is 0.219 e. The largest absolute Gasteiger partial charge is 0.374 e. The fraction of sp³-hybridized carbons (Fsp3) is 0.462. The summed E-state index contributed by atoms with van der Waals surface area (Å²) in [5.74, 6) is 0.0884. The highest BCUT2D eigenvalue weighted by atomic mass is 16.1. The molecule has 1 aromatic rings. The second-order valence-electron chi connectivity index (χ2n) is 4.03. The van der Waals surface area contributed by atoms with Crippen LogP contribution in [0.2, 0.25) is 0 Å². The Balaban J connectivity index is 2.51. The number of carbonyl (C=O) groups excluding carboxylic acids is 1. The highest BCUT2D eigenvalue weighted by molar-refractivity contribution is 5.75. The number of anilines is 1. The standard InChI is InChI=1S/C13H21N3O/c1-15-13(17)8-5-9-16(2)12-7-4-3-6-11(12)10-14/h3-4,6-7H,5,8-10,14H2,1-2H3,(H,15,17). The Morgan fingerprint density at radius 3 is 2.76 bits per heavy atom. The molecule has 0 saturated carbocycles. The Bertz CT molecular complexity index is 365. The van der Waals surface area contributed by atoms with Gasteiger partial charge >= 0.3 is 0 Å². The van der Waals surface area contributed by atoms with Gasteiger partial charge in [-0.05, 0) is 18.1 Å². The van der Waals surface area contributed by atoms with Gasteiger partial charge in [-0.2, -0.15) is 0 Å². The minimum Gasteiger partial charge on any atom is -0.374 e. The molecule has 0 heterocycles. The lowest BCUT2D eigenvalue weighted by molar-refractivity contribution is -0.120. The summed E-state index contributed by atoms with van der Waals surface area (Å²) in [6.45, 7) is 1.39. The summed E-state index contributed by atoms with van der Waals surface area (Å²) in [5.41, 5.74) is 7.98. The van der Waals surface area contributed by atoms with E-state index in [2.05, 4.69) is 16.3 Å². The van der Waals surface area contributed by atoms with Gasteiger partial charge in [0.2, 0.25) is 5.91 Å². The lowest BCUT2D eigenvalue weighted by Gasteiger charge is -2.21. The fourth-order valence-corrected chi connectivity index (χ4v) is 1.78. The van der Waals surface area contributed by atoms with Crippen LogP contribution in [0, 0.1) is 0 Å². The van der Waals surface area contributed by atoms with Crippen LogP contribution in [0.5, 0.6) is 0 Å². The molecule has 0 bridgehead atoms. The summed E-state index contributed by atoms with van der Waals surface area (Å²) in [5, 5.41) is 2.62. The molecule has 4 nitrogen and oxygen atoms in total. The van der Waals surface area contributed by atoms with E-state index in [1.807, 2.05) is 25.2 Å². The van der Waals surface area contributed by atoms with Crippen molar-refractivity contribution in [3.63, 3.8) is 0 Å². The van der Waals surface area contributed by atoms with E-state index in [-0.39, 0.29) is 5.91 Å². The van der Waals surface area contributed by atoms with Crippen LogP contribution >= 0.6 is 0 Å². The Hall–Kier alpha value is -1.55. The second kappa shape index (κ2) is 6.91. The predicted molar refractivity (Wildman–Crippen MR) is 70.9 cm³/mol. The smallest absolute Gasteiger partial charge is 0.219 e. The monoisotopic (exact) mass is 235 g/mol.